The third-order valence-corrected chi connectivity index (χ3v) is 5.96. The van der Waals surface area contributed by atoms with Crippen molar-refractivity contribution in [3.63, 3.8) is 0 Å². The molecular formula is C25H29N3O5. The van der Waals surface area contributed by atoms with E-state index in [2.05, 4.69) is 15.5 Å². The molecule has 0 bridgehead atoms. The molecule has 2 aromatic rings. The molecule has 2 heterocycles. The Balaban J connectivity index is 1.65. The summed E-state index contributed by atoms with van der Waals surface area (Å²) in [5.41, 5.74) is 4.17. The Hall–Kier alpha value is -3.52. The highest BCUT2D eigenvalue weighted by molar-refractivity contribution is 5.95. The lowest BCUT2D eigenvalue weighted by Gasteiger charge is -2.34. The summed E-state index contributed by atoms with van der Waals surface area (Å²) in [6.07, 6.45) is 0.825. The van der Waals surface area contributed by atoms with Crippen molar-refractivity contribution in [2.24, 2.45) is 0 Å². The number of methoxy groups -OCH3 is 2. The van der Waals surface area contributed by atoms with Crippen molar-refractivity contribution in [3.8, 4) is 11.5 Å². The fourth-order valence-electron chi connectivity index (χ4n) is 4.39. The maximum Gasteiger partial charge on any atom is 0.338 e. The zero-order valence-electron chi connectivity index (χ0n) is 19.1. The predicted molar refractivity (Wildman–Crippen MR) is 123 cm³/mol. The molecule has 174 valence electrons. The number of rotatable bonds is 7. The van der Waals surface area contributed by atoms with Crippen molar-refractivity contribution >= 4 is 12.0 Å². The van der Waals surface area contributed by atoms with Crippen LogP contribution in [0, 0.1) is 0 Å². The number of nitrogens with zero attached hydrogens (tertiary/aromatic N) is 1. The Morgan fingerprint density at radius 3 is 2.45 bits per heavy atom. The summed E-state index contributed by atoms with van der Waals surface area (Å²) in [6.45, 7) is 3.88. The molecule has 1 atom stereocenters. The van der Waals surface area contributed by atoms with Crippen molar-refractivity contribution in [2.75, 3.05) is 33.9 Å². The van der Waals surface area contributed by atoms with E-state index in [-0.39, 0.29) is 12.6 Å². The Morgan fingerprint density at radius 1 is 1.09 bits per heavy atom. The van der Waals surface area contributed by atoms with E-state index in [0.717, 1.165) is 24.1 Å². The second kappa shape index (κ2) is 9.95. The van der Waals surface area contributed by atoms with Gasteiger partial charge in [0, 0.05) is 25.3 Å². The largest absolute Gasteiger partial charge is 0.493 e. The quantitative estimate of drug-likeness (QED) is 0.630. The zero-order chi connectivity index (χ0) is 23.4. The zero-order valence-corrected chi connectivity index (χ0v) is 19.1. The van der Waals surface area contributed by atoms with Crippen molar-refractivity contribution < 1.29 is 23.8 Å². The molecule has 2 aliphatic heterocycles. The van der Waals surface area contributed by atoms with Gasteiger partial charge in [-0.2, -0.15) is 0 Å². The lowest BCUT2D eigenvalue weighted by molar-refractivity contribution is -0.139. The number of benzene rings is 2. The maximum atomic E-state index is 13.0. The Kier molecular flexibility index (Phi) is 6.84. The second-order valence-electron chi connectivity index (χ2n) is 7.99. The average molecular weight is 452 g/mol. The summed E-state index contributed by atoms with van der Waals surface area (Å²) in [6, 6.07) is 12.6. The first kappa shape index (κ1) is 22.7. The lowest BCUT2D eigenvalue weighted by atomic mass is 9.94. The number of fused-ring (bicyclic) bond motifs is 1. The summed E-state index contributed by atoms with van der Waals surface area (Å²) in [5, 5.41) is 5.73. The number of amides is 2. The van der Waals surface area contributed by atoms with Gasteiger partial charge in [-0.15, -0.1) is 0 Å². The Morgan fingerprint density at radius 2 is 1.79 bits per heavy atom. The number of nitrogens with one attached hydrogen (secondary N) is 2. The van der Waals surface area contributed by atoms with E-state index in [0.29, 0.717) is 35.9 Å². The van der Waals surface area contributed by atoms with E-state index in [1.165, 1.54) is 5.56 Å². The molecule has 0 aromatic heterocycles. The number of esters is 1. The van der Waals surface area contributed by atoms with Crippen molar-refractivity contribution in [2.45, 2.75) is 25.9 Å². The van der Waals surface area contributed by atoms with Gasteiger partial charge in [-0.3, -0.25) is 4.90 Å². The van der Waals surface area contributed by atoms with Crippen LogP contribution in [0.2, 0.25) is 0 Å². The van der Waals surface area contributed by atoms with Gasteiger partial charge in [0.1, 0.15) is 0 Å². The summed E-state index contributed by atoms with van der Waals surface area (Å²) in [7, 11) is 3.25. The van der Waals surface area contributed by atoms with Crippen LogP contribution in [0.1, 0.15) is 29.7 Å². The third kappa shape index (κ3) is 4.80. The van der Waals surface area contributed by atoms with E-state index in [1.54, 1.807) is 21.1 Å². The molecule has 0 aliphatic carbocycles. The van der Waals surface area contributed by atoms with E-state index in [1.807, 2.05) is 42.5 Å². The van der Waals surface area contributed by atoms with E-state index in [9.17, 15) is 9.59 Å². The number of carbonyl (C=O) groups is 2. The monoisotopic (exact) mass is 451 g/mol. The molecule has 0 radical (unpaired) electrons. The van der Waals surface area contributed by atoms with Gasteiger partial charge in [-0.25, -0.2) is 9.59 Å². The van der Waals surface area contributed by atoms with Gasteiger partial charge in [0.05, 0.1) is 32.4 Å². The van der Waals surface area contributed by atoms with Crippen LogP contribution >= 0.6 is 0 Å². The molecule has 0 fully saturated rings. The predicted octanol–water partition coefficient (Wildman–Crippen LogP) is 2.93. The number of carbonyl (C=O) groups excluding carboxylic acids is 2. The molecule has 8 nitrogen and oxygen atoms in total. The minimum atomic E-state index is -0.574. The third-order valence-electron chi connectivity index (χ3n) is 5.96. The van der Waals surface area contributed by atoms with Gasteiger partial charge in [0.15, 0.2) is 11.5 Å². The van der Waals surface area contributed by atoms with Gasteiger partial charge < -0.3 is 24.8 Å². The molecule has 0 spiro atoms. The van der Waals surface area contributed by atoms with Gasteiger partial charge >= 0.3 is 12.0 Å². The van der Waals surface area contributed by atoms with Gasteiger partial charge in [-0.05, 0) is 42.2 Å². The first-order valence-corrected chi connectivity index (χ1v) is 11.0. The number of ether oxygens (including phenoxy) is 3. The normalized spacial score (nSPS) is 18.2. The van der Waals surface area contributed by atoms with Crippen LogP contribution in [0.4, 0.5) is 4.79 Å². The highest BCUT2D eigenvalue weighted by Crippen LogP contribution is 2.34. The minimum Gasteiger partial charge on any atom is -0.493 e. The van der Waals surface area contributed by atoms with Crippen molar-refractivity contribution in [1.29, 1.82) is 0 Å². The molecule has 2 aliphatic rings. The van der Waals surface area contributed by atoms with Crippen LogP contribution in [-0.2, 0) is 22.5 Å². The average Bonchev–Trinajstić information content (AvgIpc) is 2.83. The van der Waals surface area contributed by atoms with E-state index in [4.69, 9.17) is 14.2 Å². The summed E-state index contributed by atoms with van der Waals surface area (Å²) in [5.74, 6) is 0.967. The molecule has 2 aromatic carbocycles. The highest BCUT2D eigenvalue weighted by Gasteiger charge is 2.34. The highest BCUT2D eigenvalue weighted by atomic mass is 16.5. The molecule has 2 N–H and O–H groups in total. The van der Waals surface area contributed by atoms with Crippen LogP contribution in [0.5, 0.6) is 11.5 Å². The topological polar surface area (TPSA) is 89.1 Å². The van der Waals surface area contributed by atoms with Crippen LogP contribution in [0.3, 0.4) is 0 Å². The van der Waals surface area contributed by atoms with Gasteiger partial charge in [-0.1, -0.05) is 30.3 Å². The summed E-state index contributed by atoms with van der Waals surface area (Å²) >= 11 is 0. The van der Waals surface area contributed by atoms with Crippen molar-refractivity contribution in [1.82, 2.24) is 15.5 Å². The smallest absolute Gasteiger partial charge is 0.338 e. The molecule has 4 rings (SSSR count). The lowest BCUT2D eigenvalue weighted by Crippen LogP contribution is -2.49. The molecule has 8 heteroatoms. The molecule has 33 heavy (non-hydrogen) atoms. The van der Waals surface area contributed by atoms with Crippen LogP contribution in [-0.4, -0.2) is 50.8 Å². The number of urea groups is 1. The minimum absolute atomic E-state index is 0.254. The molecule has 0 unspecified atom stereocenters. The number of hydrogen-bond donors (Lipinski definition) is 2. The molecule has 0 saturated carbocycles. The standard InChI is InChI=1S/C25H29N3O5/c1-4-33-24(29)22-19(26-25(30)27-23(22)16-8-6-5-7-9-16)15-28-11-10-17-12-20(31-2)21(32-3)13-18(17)14-28/h5-9,12-13,23H,4,10-11,14-15H2,1-3H3,(H2,26,27,30)/t23-/m1/s1. The molecule has 0 saturated heterocycles. The van der Waals surface area contributed by atoms with Gasteiger partial charge in [0.2, 0.25) is 0 Å². The Bertz CT molecular complexity index is 1070. The summed E-state index contributed by atoms with van der Waals surface area (Å²) in [4.78, 5) is 27.7. The van der Waals surface area contributed by atoms with E-state index >= 15 is 0 Å². The fraction of sp³-hybridized carbons (Fsp3) is 0.360. The fourth-order valence-corrected chi connectivity index (χ4v) is 4.39. The SMILES string of the molecule is CCOC(=O)C1=C(CN2CCc3cc(OC)c(OC)cc3C2)NC(=O)N[C@@H]1c1ccccc1. The first-order chi connectivity index (χ1) is 16.0. The van der Waals surface area contributed by atoms with Crippen LogP contribution in [0.25, 0.3) is 0 Å². The van der Waals surface area contributed by atoms with E-state index < -0.39 is 12.0 Å². The summed E-state index contributed by atoms with van der Waals surface area (Å²) < 4.78 is 16.3. The molecular weight excluding hydrogens is 422 g/mol. The maximum absolute atomic E-state index is 13.0. The van der Waals surface area contributed by atoms with Crippen molar-refractivity contribution in [3.05, 3.63) is 70.4 Å². The molecule has 2 amide bonds. The first-order valence-electron chi connectivity index (χ1n) is 11.0. The number of hydrogen-bond acceptors (Lipinski definition) is 6. The Labute approximate surface area is 193 Å². The van der Waals surface area contributed by atoms with Crippen LogP contribution in [0.15, 0.2) is 53.7 Å². The van der Waals surface area contributed by atoms with Gasteiger partial charge in [0.25, 0.3) is 0 Å². The van der Waals surface area contributed by atoms with Crippen LogP contribution < -0.4 is 20.1 Å². The second-order valence-corrected chi connectivity index (χ2v) is 7.99.